The largest absolute Gasteiger partial charge is 0.366 e. The fourth-order valence-corrected chi connectivity index (χ4v) is 1.33. The molecule has 2 heterocycles. The van der Waals surface area contributed by atoms with Crippen LogP contribution in [-0.4, -0.2) is 9.97 Å². The molecule has 0 saturated carbocycles. The first kappa shape index (κ1) is 9.65. The second kappa shape index (κ2) is 4.55. The predicted octanol–water partition coefficient (Wildman–Crippen LogP) is 2.40. The maximum absolute atomic E-state index is 4.23. The second-order valence-corrected chi connectivity index (χ2v) is 3.43. The van der Waals surface area contributed by atoms with Crippen molar-refractivity contribution in [2.45, 2.75) is 13.5 Å². The van der Waals surface area contributed by atoms with E-state index in [1.54, 1.807) is 12.4 Å². The summed E-state index contributed by atoms with van der Waals surface area (Å²) in [7, 11) is 0. The Labute approximate surface area is 89.2 Å². The van der Waals surface area contributed by atoms with Crippen LogP contribution in [0.4, 0.5) is 5.82 Å². The van der Waals surface area contributed by atoms with Gasteiger partial charge in [-0.3, -0.25) is 4.98 Å². The van der Waals surface area contributed by atoms with Gasteiger partial charge in [-0.05, 0) is 42.3 Å². The van der Waals surface area contributed by atoms with E-state index in [-0.39, 0.29) is 0 Å². The highest BCUT2D eigenvalue weighted by atomic mass is 15.0. The van der Waals surface area contributed by atoms with Crippen molar-refractivity contribution in [2.24, 2.45) is 0 Å². The lowest BCUT2D eigenvalue weighted by Crippen LogP contribution is -2.01. The predicted molar refractivity (Wildman–Crippen MR) is 60.5 cm³/mol. The minimum atomic E-state index is 0.777. The van der Waals surface area contributed by atoms with Crippen molar-refractivity contribution >= 4 is 5.82 Å². The molecule has 0 radical (unpaired) electrons. The average Bonchev–Trinajstić information content (AvgIpc) is 2.28. The van der Waals surface area contributed by atoms with E-state index in [4.69, 9.17) is 0 Å². The zero-order chi connectivity index (χ0) is 10.5. The number of aromatic nitrogens is 2. The highest BCUT2D eigenvalue weighted by Crippen LogP contribution is 2.07. The van der Waals surface area contributed by atoms with Crippen molar-refractivity contribution in [3.05, 3.63) is 54.0 Å². The van der Waals surface area contributed by atoms with Crippen LogP contribution in [0.15, 0.2) is 42.9 Å². The summed E-state index contributed by atoms with van der Waals surface area (Å²) in [6, 6.07) is 7.99. The normalized spacial score (nSPS) is 9.93. The Morgan fingerprint density at radius 2 is 1.93 bits per heavy atom. The summed E-state index contributed by atoms with van der Waals surface area (Å²) in [5.74, 6) is 0.909. The molecule has 1 N–H and O–H groups in total. The zero-order valence-corrected chi connectivity index (χ0v) is 8.64. The highest BCUT2D eigenvalue weighted by molar-refractivity contribution is 5.37. The highest BCUT2D eigenvalue weighted by Gasteiger charge is 1.94. The van der Waals surface area contributed by atoms with E-state index in [0.717, 1.165) is 12.4 Å². The molecule has 3 nitrogen and oxygen atoms in total. The van der Waals surface area contributed by atoms with Crippen molar-refractivity contribution in [3.63, 3.8) is 0 Å². The third-order valence-corrected chi connectivity index (χ3v) is 2.14. The lowest BCUT2D eigenvalue weighted by atomic mass is 10.2. The van der Waals surface area contributed by atoms with Crippen LogP contribution >= 0.6 is 0 Å². The lowest BCUT2D eigenvalue weighted by Gasteiger charge is -2.05. The van der Waals surface area contributed by atoms with Crippen LogP contribution < -0.4 is 5.32 Å². The molecule has 0 bridgehead atoms. The van der Waals surface area contributed by atoms with E-state index in [2.05, 4.69) is 22.2 Å². The molecule has 0 amide bonds. The lowest BCUT2D eigenvalue weighted by molar-refractivity contribution is 1.09. The van der Waals surface area contributed by atoms with E-state index in [1.807, 2.05) is 30.5 Å². The molecule has 0 aliphatic rings. The second-order valence-electron chi connectivity index (χ2n) is 3.43. The van der Waals surface area contributed by atoms with Gasteiger partial charge in [0.2, 0.25) is 0 Å². The Bertz CT molecular complexity index is 426. The smallest absolute Gasteiger partial charge is 0.126 e. The van der Waals surface area contributed by atoms with E-state index >= 15 is 0 Å². The van der Waals surface area contributed by atoms with Gasteiger partial charge >= 0.3 is 0 Å². The average molecular weight is 199 g/mol. The summed E-state index contributed by atoms with van der Waals surface area (Å²) in [6.45, 7) is 2.83. The molecule has 3 heteroatoms. The molecule has 0 saturated heterocycles. The van der Waals surface area contributed by atoms with Gasteiger partial charge in [0.15, 0.2) is 0 Å². The number of hydrogen-bond donors (Lipinski definition) is 1. The van der Waals surface area contributed by atoms with Crippen molar-refractivity contribution in [2.75, 3.05) is 5.32 Å². The van der Waals surface area contributed by atoms with E-state index < -0.39 is 0 Å². The monoisotopic (exact) mass is 199 g/mol. The number of hydrogen-bond acceptors (Lipinski definition) is 3. The van der Waals surface area contributed by atoms with Crippen LogP contribution in [-0.2, 0) is 6.54 Å². The Balaban J connectivity index is 1.99. The Morgan fingerprint density at radius 3 is 2.67 bits per heavy atom. The number of pyridine rings is 2. The molecule has 2 aromatic rings. The molecular formula is C12H13N3. The van der Waals surface area contributed by atoms with Gasteiger partial charge in [0.05, 0.1) is 0 Å². The zero-order valence-electron chi connectivity index (χ0n) is 8.64. The van der Waals surface area contributed by atoms with Crippen LogP contribution in [0.5, 0.6) is 0 Å². The van der Waals surface area contributed by atoms with E-state index in [9.17, 15) is 0 Å². The fraction of sp³-hybridized carbons (Fsp3) is 0.167. The van der Waals surface area contributed by atoms with Gasteiger partial charge in [-0.25, -0.2) is 4.98 Å². The van der Waals surface area contributed by atoms with E-state index in [0.29, 0.717) is 0 Å². The summed E-state index contributed by atoms with van der Waals surface area (Å²) >= 11 is 0. The van der Waals surface area contributed by atoms with Gasteiger partial charge in [-0.15, -0.1) is 0 Å². The van der Waals surface area contributed by atoms with E-state index in [1.165, 1.54) is 11.1 Å². The van der Waals surface area contributed by atoms with Crippen molar-refractivity contribution in [1.82, 2.24) is 9.97 Å². The molecule has 0 aliphatic carbocycles. The third kappa shape index (κ3) is 2.77. The standard InChI is InChI=1S/C12H13N3/c1-10-2-7-14-12(8-10)15-9-11-3-5-13-6-4-11/h2-8H,9H2,1H3,(H,14,15). The van der Waals surface area contributed by atoms with Gasteiger partial charge in [-0.2, -0.15) is 0 Å². The van der Waals surface area contributed by atoms with Crippen molar-refractivity contribution in [1.29, 1.82) is 0 Å². The molecule has 0 unspecified atom stereocenters. The maximum atomic E-state index is 4.23. The number of anilines is 1. The first-order valence-electron chi connectivity index (χ1n) is 4.90. The van der Waals surface area contributed by atoms with Gasteiger partial charge < -0.3 is 5.32 Å². The molecule has 15 heavy (non-hydrogen) atoms. The summed E-state index contributed by atoms with van der Waals surface area (Å²) < 4.78 is 0. The summed E-state index contributed by atoms with van der Waals surface area (Å²) in [5, 5.41) is 3.26. The first-order valence-corrected chi connectivity index (χ1v) is 4.90. The van der Waals surface area contributed by atoms with Crippen LogP contribution in [0.3, 0.4) is 0 Å². The van der Waals surface area contributed by atoms with Crippen molar-refractivity contribution in [3.8, 4) is 0 Å². The van der Waals surface area contributed by atoms with Crippen molar-refractivity contribution < 1.29 is 0 Å². The molecule has 2 rings (SSSR count). The molecule has 76 valence electrons. The first-order chi connectivity index (χ1) is 7.34. The molecule has 0 fully saturated rings. The number of nitrogens with zero attached hydrogens (tertiary/aromatic N) is 2. The molecule has 2 aromatic heterocycles. The molecule has 0 aromatic carbocycles. The van der Waals surface area contributed by atoms with Gasteiger partial charge in [-0.1, -0.05) is 0 Å². The Morgan fingerprint density at radius 1 is 1.13 bits per heavy atom. The SMILES string of the molecule is Cc1ccnc(NCc2ccncc2)c1. The van der Waals surface area contributed by atoms with Crippen LogP contribution in [0.1, 0.15) is 11.1 Å². The summed E-state index contributed by atoms with van der Waals surface area (Å²) in [4.78, 5) is 8.20. The Kier molecular flexibility index (Phi) is 2.93. The van der Waals surface area contributed by atoms with Gasteiger partial charge in [0.1, 0.15) is 5.82 Å². The Hall–Kier alpha value is -1.90. The summed E-state index contributed by atoms with van der Waals surface area (Å²) in [6.07, 6.45) is 5.39. The number of nitrogens with one attached hydrogen (secondary N) is 1. The quantitative estimate of drug-likeness (QED) is 0.824. The molecular weight excluding hydrogens is 186 g/mol. The molecule has 0 atom stereocenters. The van der Waals surface area contributed by atoms with Crippen LogP contribution in [0, 0.1) is 6.92 Å². The molecule has 0 spiro atoms. The fourth-order valence-electron chi connectivity index (χ4n) is 1.33. The molecule has 0 aliphatic heterocycles. The van der Waals surface area contributed by atoms with Gasteiger partial charge in [0.25, 0.3) is 0 Å². The minimum absolute atomic E-state index is 0.777. The maximum Gasteiger partial charge on any atom is 0.126 e. The topological polar surface area (TPSA) is 37.8 Å². The minimum Gasteiger partial charge on any atom is -0.366 e. The number of aryl methyl sites for hydroxylation is 1. The van der Waals surface area contributed by atoms with Crippen LogP contribution in [0.25, 0.3) is 0 Å². The number of rotatable bonds is 3. The third-order valence-electron chi connectivity index (χ3n) is 2.14. The van der Waals surface area contributed by atoms with Gasteiger partial charge in [0, 0.05) is 25.1 Å². The van der Waals surface area contributed by atoms with Crippen LogP contribution in [0.2, 0.25) is 0 Å². The summed E-state index contributed by atoms with van der Waals surface area (Å²) in [5.41, 5.74) is 2.41.